The number of nitrogens with zero attached hydrogens (tertiary/aromatic N) is 3. The highest BCUT2D eigenvalue weighted by molar-refractivity contribution is 9.10. The van der Waals surface area contributed by atoms with Crippen molar-refractivity contribution in [3.63, 3.8) is 0 Å². The van der Waals surface area contributed by atoms with Gasteiger partial charge in [0, 0.05) is 32.5 Å². The fourth-order valence-electron chi connectivity index (χ4n) is 2.51. The van der Waals surface area contributed by atoms with Gasteiger partial charge in [-0.2, -0.15) is 0 Å². The molecule has 0 N–H and O–H groups in total. The minimum Gasteiger partial charge on any atom is -0.302 e. The molecular weight excluding hydrogens is 398 g/mol. The number of benzene rings is 1. The van der Waals surface area contributed by atoms with E-state index >= 15 is 0 Å². The zero-order chi connectivity index (χ0) is 18.0. The maximum Gasteiger partial charge on any atom is 0.195 e. The first-order valence-corrected chi connectivity index (χ1v) is 9.71. The highest BCUT2D eigenvalue weighted by Gasteiger charge is 2.13. The molecule has 130 valence electrons. The number of thiophene rings is 1. The van der Waals surface area contributed by atoms with Gasteiger partial charge in [0.05, 0.1) is 6.54 Å². The van der Waals surface area contributed by atoms with Gasteiger partial charge in [0.25, 0.3) is 0 Å². The predicted molar refractivity (Wildman–Crippen MR) is 109 cm³/mol. The molecule has 0 spiro atoms. The topological polar surface area (TPSA) is 38.1 Å². The number of hydrogen-bond donors (Lipinski definition) is 0. The molecule has 0 amide bonds. The van der Waals surface area contributed by atoms with Crippen molar-refractivity contribution in [3.8, 4) is 5.00 Å². The van der Waals surface area contributed by atoms with E-state index in [1.54, 1.807) is 0 Å². The molecule has 2 aromatic heterocycles. The quantitative estimate of drug-likeness (QED) is 0.493. The highest BCUT2D eigenvalue weighted by Crippen LogP contribution is 2.24. The molecule has 4 nitrogen and oxygen atoms in total. The Bertz CT molecular complexity index is 992. The summed E-state index contributed by atoms with van der Waals surface area (Å²) in [6, 6.07) is 9.95. The van der Waals surface area contributed by atoms with Crippen LogP contribution in [-0.2, 0) is 13.0 Å². The van der Waals surface area contributed by atoms with Gasteiger partial charge in [-0.15, -0.1) is 11.3 Å². The average Bonchev–Trinajstić information content (AvgIpc) is 2.97. The van der Waals surface area contributed by atoms with Gasteiger partial charge >= 0.3 is 0 Å². The number of fused-ring (bicyclic) bond motifs is 1. The number of rotatable bonds is 4. The second kappa shape index (κ2) is 7.64. The number of imidazole rings is 1. The van der Waals surface area contributed by atoms with Gasteiger partial charge in [-0.1, -0.05) is 35.0 Å². The molecule has 0 fully saturated rings. The minimum absolute atomic E-state index is 0.187. The van der Waals surface area contributed by atoms with Crippen molar-refractivity contribution in [3.05, 3.63) is 68.1 Å². The lowest BCUT2D eigenvalue weighted by molar-refractivity contribution is 0.388. The van der Waals surface area contributed by atoms with E-state index in [-0.39, 0.29) is 5.43 Å². The van der Waals surface area contributed by atoms with Crippen LogP contribution >= 0.6 is 27.3 Å². The monoisotopic (exact) mass is 417 g/mol. The van der Waals surface area contributed by atoms with E-state index in [0.717, 1.165) is 34.0 Å². The third-order valence-corrected chi connectivity index (χ3v) is 5.72. The first kappa shape index (κ1) is 18.0. The zero-order valence-electron chi connectivity index (χ0n) is 14.5. The Balaban J connectivity index is 0.000000170. The van der Waals surface area contributed by atoms with E-state index < -0.39 is 0 Å². The summed E-state index contributed by atoms with van der Waals surface area (Å²) in [6.45, 7) is 3.05. The molecular formula is C19H20BrN3OS. The molecule has 2 aromatic carbocycles. The Morgan fingerprint density at radius 3 is 2.64 bits per heavy atom. The van der Waals surface area contributed by atoms with Crippen molar-refractivity contribution in [2.45, 2.75) is 19.9 Å². The van der Waals surface area contributed by atoms with Gasteiger partial charge in [-0.3, -0.25) is 9.36 Å². The Hall–Kier alpha value is -1.76. The van der Waals surface area contributed by atoms with Crippen molar-refractivity contribution >= 4 is 38.0 Å². The third-order valence-electron chi connectivity index (χ3n) is 3.83. The molecule has 0 unspecified atom stereocenters. The van der Waals surface area contributed by atoms with Crippen molar-refractivity contribution in [2.24, 2.45) is 0 Å². The van der Waals surface area contributed by atoms with Crippen molar-refractivity contribution in [1.82, 2.24) is 14.5 Å². The molecule has 4 rings (SSSR count). The molecule has 0 bridgehead atoms. The van der Waals surface area contributed by atoms with Crippen LogP contribution in [0.3, 0.4) is 0 Å². The summed E-state index contributed by atoms with van der Waals surface area (Å²) in [4.78, 5) is 18.7. The summed E-state index contributed by atoms with van der Waals surface area (Å²) in [5.41, 5.74) is 0.187. The molecule has 2 heterocycles. The molecule has 0 saturated carbocycles. The lowest BCUT2D eigenvalue weighted by Gasteiger charge is -2.10. The first-order valence-electron chi connectivity index (χ1n) is 8.10. The Kier molecular flexibility index (Phi) is 5.51. The summed E-state index contributed by atoms with van der Waals surface area (Å²) in [7, 11) is 4.12. The second-order valence-corrected chi connectivity index (χ2v) is 8.04. The van der Waals surface area contributed by atoms with Gasteiger partial charge in [-0.25, -0.2) is 4.98 Å². The normalized spacial score (nSPS) is 11.2. The standard InChI is InChI=1S/C12H17N3S.C7H3BrO/c1-4-10-5-6-12(16-10)15-8-7-13-11(15)9-14(2)3;8-5-3-1-2-4-6(5)7(4)9/h5-8H,4,9H2,1-3H3;1-3H. The van der Waals surface area contributed by atoms with E-state index in [2.05, 4.69) is 63.5 Å². The number of aryl methyl sites for hydroxylation is 1. The van der Waals surface area contributed by atoms with Gasteiger partial charge in [-0.05, 0) is 38.7 Å². The average molecular weight is 418 g/mol. The van der Waals surface area contributed by atoms with Crippen LogP contribution in [0.15, 0.2) is 52.0 Å². The maximum atomic E-state index is 10.7. The Morgan fingerprint density at radius 1 is 1.24 bits per heavy atom. The van der Waals surface area contributed by atoms with Crippen molar-refractivity contribution in [2.75, 3.05) is 14.1 Å². The summed E-state index contributed by atoms with van der Waals surface area (Å²) in [5, 5.41) is 2.98. The number of aromatic nitrogens is 2. The minimum atomic E-state index is 0.187. The molecule has 0 aliphatic rings. The molecule has 25 heavy (non-hydrogen) atoms. The van der Waals surface area contributed by atoms with E-state index in [9.17, 15) is 4.79 Å². The van der Waals surface area contributed by atoms with Crippen molar-refractivity contribution in [1.29, 1.82) is 0 Å². The number of hydrogen-bond acceptors (Lipinski definition) is 4. The fourth-order valence-corrected chi connectivity index (χ4v) is 4.01. The summed E-state index contributed by atoms with van der Waals surface area (Å²) in [5.74, 6) is 1.09. The van der Waals surface area contributed by atoms with Crippen LogP contribution < -0.4 is 5.43 Å². The summed E-state index contributed by atoms with van der Waals surface area (Å²) >= 11 is 5.10. The molecule has 0 saturated heterocycles. The molecule has 4 aromatic rings. The molecule has 0 aliphatic heterocycles. The SMILES string of the molecule is CCc1ccc(-n2ccnc2CN(C)C)s1.O=c1c2cccc(Br)c12. The van der Waals surface area contributed by atoms with Gasteiger partial charge in [0.15, 0.2) is 5.43 Å². The largest absolute Gasteiger partial charge is 0.302 e. The first-order chi connectivity index (χ1) is 12.0. The molecule has 0 atom stereocenters. The summed E-state index contributed by atoms with van der Waals surface area (Å²) < 4.78 is 3.09. The molecule has 0 radical (unpaired) electrons. The molecule has 6 heteroatoms. The van der Waals surface area contributed by atoms with E-state index in [4.69, 9.17) is 0 Å². The lowest BCUT2D eigenvalue weighted by Crippen LogP contribution is -2.14. The molecule has 0 aliphatic carbocycles. The lowest BCUT2D eigenvalue weighted by atomic mass is 10.4. The maximum absolute atomic E-state index is 10.7. The van der Waals surface area contributed by atoms with Crippen LogP contribution in [0.2, 0.25) is 0 Å². The Labute approximate surface area is 159 Å². The zero-order valence-corrected chi connectivity index (χ0v) is 16.9. The van der Waals surface area contributed by atoms with Crippen LogP contribution in [0.4, 0.5) is 0 Å². The van der Waals surface area contributed by atoms with Crippen LogP contribution in [0.25, 0.3) is 15.8 Å². The van der Waals surface area contributed by atoms with Gasteiger partial charge in [0.2, 0.25) is 0 Å². The smallest absolute Gasteiger partial charge is 0.195 e. The van der Waals surface area contributed by atoms with Crippen LogP contribution in [-0.4, -0.2) is 28.5 Å². The fraction of sp³-hybridized carbons (Fsp3) is 0.263. The third kappa shape index (κ3) is 4.08. The number of halogens is 1. The predicted octanol–water partition coefficient (Wildman–Crippen LogP) is 4.40. The summed E-state index contributed by atoms with van der Waals surface area (Å²) in [6.07, 6.45) is 5.00. The van der Waals surface area contributed by atoms with E-state index in [1.165, 1.54) is 9.88 Å². The van der Waals surface area contributed by atoms with Gasteiger partial charge < -0.3 is 4.90 Å². The second-order valence-electron chi connectivity index (χ2n) is 6.04. The van der Waals surface area contributed by atoms with Crippen LogP contribution in [0, 0.1) is 0 Å². The Morgan fingerprint density at radius 2 is 2.04 bits per heavy atom. The van der Waals surface area contributed by atoms with Crippen LogP contribution in [0.1, 0.15) is 17.6 Å². The van der Waals surface area contributed by atoms with E-state index in [1.807, 2.05) is 41.9 Å². The van der Waals surface area contributed by atoms with E-state index in [0.29, 0.717) is 0 Å². The highest BCUT2D eigenvalue weighted by atomic mass is 79.9. The van der Waals surface area contributed by atoms with Crippen molar-refractivity contribution < 1.29 is 0 Å². The van der Waals surface area contributed by atoms with Crippen LogP contribution in [0.5, 0.6) is 0 Å². The van der Waals surface area contributed by atoms with Gasteiger partial charge in [0.1, 0.15) is 10.8 Å².